The normalized spacial score (nSPS) is 20.8. The van der Waals surface area contributed by atoms with E-state index in [2.05, 4.69) is 10.6 Å². The minimum Gasteiger partial charge on any atom is -0.369 e. The first-order valence-corrected chi connectivity index (χ1v) is 7.73. The Kier molecular flexibility index (Phi) is 6.18. The van der Waals surface area contributed by atoms with Gasteiger partial charge in [0, 0.05) is 23.9 Å². The maximum Gasteiger partial charge on any atom is 0.411 e. The first-order valence-electron chi connectivity index (χ1n) is 7.73. The van der Waals surface area contributed by atoms with Gasteiger partial charge >= 0.3 is 12.2 Å². The molecule has 10 heteroatoms. The van der Waals surface area contributed by atoms with E-state index in [-0.39, 0.29) is 11.7 Å². The first-order chi connectivity index (χ1) is 11.7. The van der Waals surface area contributed by atoms with Crippen LogP contribution in [-0.2, 0) is 4.74 Å². The zero-order chi connectivity index (χ0) is 18.4. The second-order valence-corrected chi connectivity index (χ2v) is 5.81. The van der Waals surface area contributed by atoms with Gasteiger partial charge in [-0.15, -0.1) is 0 Å². The lowest BCUT2D eigenvalue weighted by Gasteiger charge is -2.30. The molecular weight excluding hydrogens is 343 g/mol. The summed E-state index contributed by atoms with van der Waals surface area (Å²) >= 11 is 0. The van der Waals surface area contributed by atoms with E-state index in [0.29, 0.717) is 31.4 Å². The number of benzene rings is 1. The van der Waals surface area contributed by atoms with Crippen molar-refractivity contribution in [3.63, 3.8) is 0 Å². The fraction of sp³-hybridized carbons (Fsp3) is 0.533. The van der Waals surface area contributed by atoms with Gasteiger partial charge in [0.2, 0.25) is 0 Å². The van der Waals surface area contributed by atoms with Gasteiger partial charge in [-0.25, -0.2) is 4.79 Å². The number of hydrogen-bond acceptors (Lipinski definition) is 4. The minimum atomic E-state index is -4.37. The van der Waals surface area contributed by atoms with E-state index in [4.69, 9.17) is 4.74 Å². The topological polar surface area (TPSA) is 93.5 Å². The number of ether oxygens (including phenoxy) is 1. The summed E-state index contributed by atoms with van der Waals surface area (Å²) in [6, 6.07) is 4.51. The van der Waals surface area contributed by atoms with Gasteiger partial charge in [-0.2, -0.15) is 13.2 Å². The van der Waals surface area contributed by atoms with Gasteiger partial charge in [0.05, 0.1) is 11.0 Å². The maximum absolute atomic E-state index is 12.2. The van der Waals surface area contributed by atoms with Crippen LogP contribution in [-0.4, -0.2) is 35.9 Å². The average Bonchev–Trinajstić information content (AvgIpc) is 2.53. The number of non-ortho nitro benzene ring substituents is 1. The molecule has 1 fully saturated rings. The van der Waals surface area contributed by atoms with Crippen LogP contribution >= 0.6 is 0 Å². The Hall–Kier alpha value is -2.36. The SMILES string of the molecule is O=C(Nc1ccc([N+](=O)[O-])cc1)N[C@H]1CCC[C@H](OCC(F)(F)F)C1. The van der Waals surface area contributed by atoms with E-state index >= 15 is 0 Å². The second kappa shape index (κ2) is 8.15. The van der Waals surface area contributed by atoms with Gasteiger partial charge < -0.3 is 15.4 Å². The van der Waals surface area contributed by atoms with Crippen molar-refractivity contribution in [2.75, 3.05) is 11.9 Å². The van der Waals surface area contributed by atoms with Gasteiger partial charge in [0.25, 0.3) is 5.69 Å². The molecule has 2 rings (SSSR count). The van der Waals surface area contributed by atoms with Gasteiger partial charge in [0.1, 0.15) is 6.61 Å². The lowest BCUT2D eigenvalue weighted by atomic mass is 9.93. The number of alkyl halides is 3. The van der Waals surface area contributed by atoms with Crippen molar-refractivity contribution < 1.29 is 27.6 Å². The third-order valence-electron chi connectivity index (χ3n) is 3.78. The highest BCUT2D eigenvalue weighted by Gasteiger charge is 2.31. The van der Waals surface area contributed by atoms with E-state index in [9.17, 15) is 28.1 Å². The van der Waals surface area contributed by atoms with Crippen molar-refractivity contribution in [1.82, 2.24) is 5.32 Å². The first kappa shape index (κ1) is 19.0. The molecule has 2 N–H and O–H groups in total. The summed E-state index contributed by atoms with van der Waals surface area (Å²) in [5.41, 5.74) is 0.284. The van der Waals surface area contributed by atoms with E-state index in [1.54, 1.807) is 0 Å². The molecule has 2 amide bonds. The van der Waals surface area contributed by atoms with Crippen LogP contribution in [0, 0.1) is 10.1 Å². The zero-order valence-electron chi connectivity index (χ0n) is 13.2. The fourth-order valence-corrected chi connectivity index (χ4v) is 2.66. The van der Waals surface area contributed by atoms with Crippen LogP contribution in [0.25, 0.3) is 0 Å². The van der Waals surface area contributed by atoms with Crippen molar-refractivity contribution in [3.8, 4) is 0 Å². The number of amides is 2. The maximum atomic E-state index is 12.2. The van der Waals surface area contributed by atoms with E-state index < -0.39 is 29.8 Å². The highest BCUT2D eigenvalue weighted by atomic mass is 19.4. The van der Waals surface area contributed by atoms with Crippen LogP contribution in [0.15, 0.2) is 24.3 Å². The highest BCUT2D eigenvalue weighted by Crippen LogP contribution is 2.24. The molecular formula is C15H18F3N3O4. The molecule has 1 aliphatic carbocycles. The molecule has 0 heterocycles. The van der Waals surface area contributed by atoms with Crippen LogP contribution in [0.3, 0.4) is 0 Å². The standard InChI is InChI=1S/C15H18F3N3O4/c16-15(17,18)9-25-13-3-1-2-11(8-13)20-14(22)19-10-4-6-12(7-5-10)21(23)24/h4-7,11,13H,1-3,8-9H2,(H2,19,20,22)/t11-,13-/m0/s1. The predicted molar refractivity (Wildman–Crippen MR) is 83.3 cm³/mol. The minimum absolute atomic E-state index is 0.0945. The van der Waals surface area contributed by atoms with Crippen molar-refractivity contribution >= 4 is 17.4 Å². The van der Waals surface area contributed by atoms with Crippen molar-refractivity contribution in [2.24, 2.45) is 0 Å². The number of carbonyl (C=O) groups is 1. The Balaban J connectivity index is 1.80. The third-order valence-corrected chi connectivity index (χ3v) is 3.78. The Morgan fingerprint density at radius 3 is 2.56 bits per heavy atom. The monoisotopic (exact) mass is 361 g/mol. The number of halogens is 3. The summed E-state index contributed by atoms with van der Waals surface area (Å²) in [6.07, 6.45) is -2.76. The smallest absolute Gasteiger partial charge is 0.369 e. The third kappa shape index (κ3) is 6.57. The van der Waals surface area contributed by atoms with Gasteiger partial charge in [-0.3, -0.25) is 10.1 Å². The number of nitrogens with one attached hydrogen (secondary N) is 2. The molecule has 1 aliphatic rings. The van der Waals surface area contributed by atoms with Crippen molar-refractivity contribution in [3.05, 3.63) is 34.4 Å². The van der Waals surface area contributed by atoms with Crippen molar-refractivity contribution in [1.29, 1.82) is 0 Å². The highest BCUT2D eigenvalue weighted by molar-refractivity contribution is 5.89. The molecule has 0 aliphatic heterocycles. The number of nitro benzene ring substituents is 1. The van der Waals surface area contributed by atoms with Crippen LogP contribution in [0.2, 0.25) is 0 Å². The number of carbonyl (C=O) groups excluding carboxylic acids is 1. The Bertz CT molecular complexity index is 607. The lowest BCUT2D eigenvalue weighted by Crippen LogP contribution is -2.43. The molecule has 7 nitrogen and oxygen atoms in total. The molecule has 1 aromatic rings. The summed E-state index contributed by atoms with van der Waals surface area (Å²) in [7, 11) is 0. The number of nitro groups is 1. The molecule has 2 atom stereocenters. The molecule has 138 valence electrons. The van der Waals surface area contributed by atoms with E-state index in [1.165, 1.54) is 24.3 Å². The fourth-order valence-electron chi connectivity index (χ4n) is 2.66. The largest absolute Gasteiger partial charge is 0.411 e. The number of urea groups is 1. The number of hydrogen-bond donors (Lipinski definition) is 2. The molecule has 25 heavy (non-hydrogen) atoms. The van der Waals surface area contributed by atoms with Gasteiger partial charge in [-0.1, -0.05) is 0 Å². The average molecular weight is 361 g/mol. The molecule has 0 radical (unpaired) electrons. The quantitative estimate of drug-likeness (QED) is 0.619. The summed E-state index contributed by atoms with van der Waals surface area (Å²) in [4.78, 5) is 22.0. The molecule has 0 unspecified atom stereocenters. The molecule has 1 aromatic carbocycles. The second-order valence-electron chi connectivity index (χ2n) is 5.81. The van der Waals surface area contributed by atoms with E-state index in [1.807, 2.05) is 0 Å². The summed E-state index contributed by atoms with van der Waals surface area (Å²) < 4.78 is 41.4. The van der Waals surface area contributed by atoms with Crippen LogP contribution < -0.4 is 10.6 Å². The van der Waals surface area contributed by atoms with E-state index in [0.717, 1.165) is 0 Å². The molecule has 0 aromatic heterocycles. The Labute approximate surface area is 141 Å². The molecule has 1 saturated carbocycles. The summed E-state index contributed by atoms with van der Waals surface area (Å²) in [5, 5.41) is 15.8. The van der Waals surface area contributed by atoms with Crippen LogP contribution in [0.5, 0.6) is 0 Å². The van der Waals surface area contributed by atoms with Crippen LogP contribution in [0.1, 0.15) is 25.7 Å². The number of rotatable bonds is 5. The van der Waals surface area contributed by atoms with Gasteiger partial charge in [0.15, 0.2) is 0 Å². The zero-order valence-corrected chi connectivity index (χ0v) is 13.2. The summed E-state index contributed by atoms with van der Waals surface area (Å²) in [6.45, 7) is -1.29. The molecule has 0 spiro atoms. The summed E-state index contributed by atoms with van der Waals surface area (Å²) in [5.74, 6) is 0. The Morgan fingerprint density at radius 1 is 1.28 bits per heavy atom. The Morgan fingerprint density at radius 2 is 1.96 bits per heavy atom. The molecule has 0 saturated heterocycles. The van der Waals surface area contributed by atoms with Crippen LogP contribution in [0.4, 0.5) is 29.3 Å². The molecule has 0 bridgehead atoms. The number of anilines is 1. The predicted octanol–water partition coefficient (Wildman–Crippen LogP) is 3.61. The van der Waals surface area contributed by atoms with Gasteiger partial charge in [-0.05, 0) is 37.8 Å². The lowest BCUT2D eigenvalue weighted by molar-refractivity contribution is -0.384. The number of nitrogens with zero attached hydrogens (tertiary/aromatic N) is 1. The van der Waals surface area contributed by atoms with Crippen molar-refractivity contribution in [2.45, 2.75) is 44.0 Å².